The number of aryl methyl sites for hydroxylation is 1. The van der Waals surface area contributed by atoms with E-state index in [0.717, 1.165) is 6.42 Å². The highest BCUT2D eigenvalue weighted by molar-refractivity contribution is 6.53. The second-order valence-electron chi connectivity index (χ2n) is 9.35. The summed E-state index contributed by atoms with van der Waals surface area (Å²) < 4.78 is 13.6. The molecule has 0 radical (unpaired) electrons. The van der Waals surface area contributed by atoms with E-state index >= 15 is 0 Å². The van der Waals surface area contributed by atoms with Gasteiger partial charge in [0.25, 0.3) is 11.8 Å². The number of benzene rings is 2. The summed E-state index contributed by atoms with van der Waals surface area (Å²) >= 11 is 5.87. The lowest BCUT2D eigenvalue weighted by Crippen LogP contribution is -2.25. The topological polar surface area (TPSA) is 154 Å². The molecule has 0 fully saturated rings. The monoisotopic (exact) mass is 565 g/mol. The van der Waals surface area contributed by atoms with Gasteiger partial charge in [0.05, 0.1) is 34.5 Å². The minimum atomic E-state index is -0.483. The van der Waals surface area contributed by atoms with Crippen LogP contribution in [0.3, 0.4) is 0 Å². The molecule has 1 aliphatic rings. The van der Waals surface area contributed by atoms with Crippen LogP contribution >= 0.6 is 11.6 Å². The molecule has 40 heavy (non-hydrogen) atoms. The summed E-state index contributed by atoms with van der Waals surface area (Å²) in [4.78, 5) is 40.3. The Morgan fingerprint density at radius 2 is 1.93 bits per heavy atom. The largest absolute Gasteiger partial charge is 0.397 e. The van der Waals surface area contributed by atoms with Crippen LogP contribution in [0.25, 0.3) is 0 Å². The maximum atomic E-state index is 13.6. The fourth-order valence-electron chi connectivity index (χ4n) is 4.35. The predicted molar refractivity (Wildman–Crippen MR) is 155 cm³/mol. The number of H-pyrrole nitrogens is 1. The van der Waals surface area contributed by atoms with Gasteiger partial charge in [-0.3, -0.25) is 14.4 Å². The number of unbranched alkanes of at least 4 members (excludes halogenated alkanes) is 2. The Bertz CT molecular complexity index is 1530. The van der Waals surface area contributed by atoms with E-state index in [1.807, 2.05) is 0 Å². The van der Waals surface area contributed by atoms with Gasteiger partial charge in [0.15, 0.2) is 5.71 Å². The number of anilines is 3. The van der Waals surface area contributed by atoms with Crippen LogP contribution < -0.4 is 21.7 Å². The fraction of sp³-hybridized carbons (Fsp3) is 0.250. The number of carbonyl (C=O) groups excluding carboxylic acids is 3. The van der Waals surface area contributed by atoms with Crippen LogP contribution in [-0.4, -0.2) is 41.2 Å². The number of hydrogen-bond donors (Lipinski definition) is 5. The molecular formula is C28H29ClFN7O3. The Labute approximate surface area is 235 Å². The molecule has 12 heteroatoms. The highest BCUT2D eigenvalue weighted by atomic mass is 35.5. The van der Waals surface area contributed by atoms with Crippen molar-refractivity contribution >= 4 is 58.3 Å². The minimum Gasteiger partial charge on any atom is -0.397 e. The average Bonchev–Trinajstić information content (AvgIpc) is 3.36. The van der Waals surface area contributed by atoms with Crippen LogP contribution in [0.4, 0.5) is 21.5 Å². The summed E-state index contributed by atoms with van der Waals surface area (Å²) in [5.74, 6) is -1.32. The van der Waals surface area contributed by atoms with E-state index in [2.05, 4.69) is 31.1 Å². The lowest BCUT2D eigenvalue weighted by atomic mass is 10.1. The zero-order valence-corrected chi connectivity index (χ0v) is 22.8. The molecule has 2 heterocycles. The quantitative estimate of drug-likeness (QED) is 0.104. The van der Waals surface area contributed by atoms with Gasteiger partial charge in [-0.15, -0.1) is 5.10 Å². The second-order valence-corrected chi connectivity index (χ2v) is 9.78. The SMILES string of the molecule is Cc1[nH]c(C=NN=C2C(=O)Nc3ccc(F)cc32)c(C)c1C(=O)NCCCCCC(=O)Nc1ccc(Cl)cc1N. The molecule has 0 aliphatic carbocycles. The van der Waals surface area contributed by atoms with Gasteiger partial charge in [0.2, 0.25) is 5.91 Å². The summed E-state index contributed by atoms with van der Waals surface area (Å²) in [5, 5.41) is 16.8. The Kier molecular flexibility index (Phi) is 8.95. The number of nitrogens with one attached hydrogen (secondary N) is 4. The molecular weight excluding hydrogens is 537 g/mol. The van der Waals surface area contributed by atoms with Gasteiger partial charge in [-0.05, 0) is 68.7 Å². The Morgan fingerprint density at radius 3 is 2.70 bits per heavy atom. The van der Waals surface area contributed by atoms with Crippen LogP contribution in [0.15, 0.2) is 46.6 Å². The Hall–Kier alpha value is -4.51. The number of aromatic nitrogens is 1. The third-order valence-electron chi connectivity index (χ3n) is 6.40. The summed E-state index contributed by atoms with van der Waals surface area (Å²) in [5.41, 5.74) is 10.0. The summed E-state index contributed by atoms with van der Waals surface area (Å²) in [7, 11) is 0. The number of amides is 3. The molecule has 1 aromatic heterocycles. The summed E-state index contributed by atoms with van der Waals surface area (Å²) in [6, 6.07) is 8.85. The van der Waals surface area contributed by atoms with Gasteiger partial charge in [-0.1, -0.05) is 18.0 Å². The predicted octanol–water partition coefficient (Wildman–Crippen LogP) is 4.71. The van der Waals surface area contributed by atoms with Crippen molar-refractivity contribution in [3.05, 3.63) is 75.3 Å². The van der Waals surface area contributed by atoms with Crippen molar-refractivity contribution in [3.63, 3.8) is 0 Å². The molecule has 10 nitrogen and oxygen atoms in total. The molecule has 4 rings (SSSR count). The molecule has 0 unspecified atom stereocenters. The summed E-state index contributed by atoms with van der Waals surface area (Å²) in [6.07, 6.45) is 3.88. The van der Waals surface area contributed by atoms with Gasteiger partial charge in [0.1, 0.15) is 5.82 Å². The van der Waals surface area contributed by atoms with Crippen molar-refractivity contribution in [2.24, 2.45) is 10.2 Å². The first-order valence-corrected chi connectivity index (χ1v) is 13.1. The molecule has 0 saturated carbocycles. The molecule has 2 aromatic carbocycles. The lowest BCUT2D eigenvalue weighted by molar-refractivity contribution is -0.116. The maximum Gasteiger partial charge on any atom is 0.276 e. The zero-order chi connectivity index (χ0) is 28.8. The first kappa shape index (κ1) is 28.5. The first-order chi connectivity index (χ1) is 19.1. The molecule has 3 amide bonds. The smallest absolute Gasteiger partial charge is 0.276 e. The zero-order valence-electron chi connectivity index (χ0n) is 22.0. The van der Waals surface area contributed by atoms with Gasteiger partial charge >= 0.3 is 0 Å². The van der Waals surface area contributed by atoms with Crippen LogP contribution in [0.1, 0.15) is 58.6 Å². The maximum absolute atomic E-state index is 13.6. The Balaban J connectivity index is 1.25. The van der Waals surface area contributed by atoms with Crippen molar-refractivity contribution in [2.75, 3.05) is 22.9 Å². The molecule has 0 spiro atoms. The highest BCUT2D eigenvalue weighted by Gasteiger charge is 2.26. The van der Waals surface area contributed by atoms with Crippen molar-refractivity contribution < 1.29 is 18.8 Å². The molecule has 0 bridgehead atoms. The first-order valence-electron chi connectivity index (χ1n) is 12.7. The van der Waals surface area contributed by atoms with Crippen molar-refractivity contribution in [3.8, 4) is 0 Å². The van der Waals surface area contributed by atoms with Gasteiger partial charge in [-0.2, -0.15) is 5.10 Å². The average molecular weight is 566 g/mol. The van der Waals surface area contributed by atoms with E-state index in [4.69, 9.17) is 17.3 Å². The van der Waals surface area contributed by atoms with Crippen molar-refractivity contribution in [2.45, 2.75) is 39.5 Å². The second kappa shape index (κ2) is 12.6. The number of nitrogens with zero attached hydrogens (tertiary/aromatic N) is 2. The fourth-order valence-corrected chi connectivity index (χ4v) is 4.53. The van der Waals surface area contributed by atoms with E-state index < -0.39 is 11.7 Å². The third-order valence-corrected chi connectivity index (χ3v) is 6.64. The molecule has 208 valence electrons. The number of nitrogens with two attached hydrogens (primary N) is 1. The molecule has 3 aromatic rings. The number of rotatable bonds is 10. The Morgan fingerprint density at radius 1 is 1.12 bits per heavy atom. The van der Waals surface area contributed by atoms with Crippen molar-refractivity contribution in [1.82, 2.24) is 10.3 Å². The standard InChI is InChI=1S/C28H29ClFN7O3/c1-15-23(14-33-37-26-19-13-18(30)8-10-21(19)36-28(26)40)34-16(2)25(15)27(39)32-11-5-3-4-6-24(38)35-22-9-7-17(29)12-20(22)31/h7-10,12-14,34H,3-6,11,31H2,1-2H3,(H,32,39)(H,35,38)(H,36,37,40). The summed E-state index contributed by atoms with van der Waals surface area (Å²) in [6.45, 7) is 4.02. The molecule has 0 atom stereocenters. The third kappa shape index (κ3) is 6.73. The van der Waals surface area contributed by atoms with E-state index in [1.165, 1.54) is 24.4 Å². The highest BCUT2D eigenvalue weighted by Crippen LogP contribution is 2.25. The molecule has 6 N–H and O–H groups in total. The number of carbonyl (C=O) groups is 3. The molecule has 1 aliphatic heterocycles. The number of nitrogen functional groups attached to an aromatic ring is 1. The van der Waals surface area contributed by atoms with Crippen LogP contribution in [0.5, 0.6) is 0 Å². The number of fused-ring (bicyclic) bond motifs is 1. The lowest BCUT2D eigenvalue weighted by Gasteiger charge is -2.09. The number of halogens is 2. The number of aromatic amines is 1. The van der Waals surface area contributed by atoms with Crippen molar-refractivity contribution in [1.29, 1.82) is 0 Å². The molecule has 0 saturated heterocycles. The van der Waals surface area contributed by atoms with Gasteiger partial charge in [0, 0.05) is 29.2 Å². The van der Waals surface area contributed by atoms with E-state index in [0.29, 0.717) is 76.0 Å². The van der Waals surface area contributed by atoms with Crippen LogP contribution in [-0.2, 0) is 9.59 Å². The van der Waals surface area contributed by atoms with Gasteiger partial charge in [-0.25, -0.2) is 4.39 Å². The number of hydrogen-bond acceptors (Lipinski definition) is 6. The van der Waals surface area contributed by atoms with E-state index in [-0.39, 0.29) is 17.5 Å². The van der Waals surface area contributed by atoms with Crippen LogP contribution in [0.2, 0.25) is 5.02 Å². The van der Waals surface area contributed by atoms with E-state index in [9.17, 15) is 18.8 Å². The normalized spacial score (nSPS) is 13.5. The minimum absolute atomic E-state index is 0.0104. The van der Waals surface area contributed by atoms with Gasteiger partial charge < -0.3 is 26.7 Å². The van der Waals surface area contributed by atoms with E-state index in [1.54, 1.807) is 32.0 Å². The van der Waals surface area contributed by atoms with Crippen LogP contribution in [0, 0.1) is 19.7 Å².